The van der Waals surface area contributed by atoms with Crippen molar-refractivity contribution in [3.63, 3.8) is 0 Å². The predicted octanol–water partition coefficient (Wildman–Crippen LogP) is 4.41. The Labute approximate surface area is 186 Å². The summed E-state index contributed by atoms with van der Waals surface area (Å²) >= 11 is 1.52. The molecule has 0 amide bonds. The van der Waals surface area contributed by atoms with E-state index in [9.17, 15) is 0 Å². The Morgan fingerprint density at radius 2 is 1.87 bits per heavy atom. The fourth-order valence-electron chi connectivity index (χ4n) is 3.66. The molecule has 0 atom stereocenters. The van der Waals surface area contributed by atoms with Crippen LogP contribution in [0.4, 0.5) is 10.9 Å². The lowest BCUT2D eigenvalue weighted by Crippen LogP contribution is -2.21. The maximum Gasteiger partial charge on any atom is 0.317 e. The van der Waals surface area contributed by atoms with Crippen LogP contribution in [0.15, 0.2) is 24.7 Å². The smallest absolute Gasteiger partial charge is 0.317 e. The third-order valence-electron chi connectivity index (χ3n) is 5.51. The molecule has 2 aliphatic carbocycles. The normalized spacial score (nSPS) is 16.9. The van der Waals surface area contributed by atoms with Crippen LogP contribution >= 0.6 is 11.3 Å². The highest BCUT2D eigenvalue weighted by Gasteiger charge is 2.20. The highest BCUT2D eigenvalue weighted by atomic mass is 32.1. The summed E-state index contributed by atoms with van der Waals surface area (Å²) in [6.45, 7) is 2.73. The summed E-state index contributed by atoms with van der Waals surface area (Å²) in [5.74, 6) is 0.677. The number of hydrogen-bond donors (Lipinski definition) is 2. The summed E-state index contributed by atoms with van der Waals surface area (Å²) in [6.07, 6.45) is 14.0. The molecule has 0 spiro atoms. The summed E-state index contributed by atoms with van der Waals surface area (Å²) < 4.78 is 6.07. The van der Waals surface area contributed by atoms with Crippen molar-refractivity contribution in [1.29, 1.82) is 0 Å². The number of aromatic nitrogens is 5. The highest BCUT2D eigenvalue weighted by molar-refractivity contribution is 7.18. The van der Waals surface area contributed by atoms with Crippen LogP contribution < -0.4 is 15.4 Å². The molecule has 0 radical (unpaired) electrons. The van der Waals surface area contributed by atoms with Crippen LogP contribution in [0.5, 0.6) is 6.01 Å². The standard InChI is InChI=1S/C22H27N7OS/c1-14-9-18(28-21(27-14)30-17-5-3-2-4-6-17)19-12-26-22(31-19)29-20-13-24-16(11-25-20)10-23-15-7-8-15/h9,11-13,15,17,23H,2-8,10H2,1H3,(H,25,26,29). The molecule has 3 heterocycles. The topological polar surface area (TPSA) is 97.7 Å². The molecule has 0 bridgehead atoms. The van der Waals surface area contributed by atoms with E-state index < -0.39 is 0 Å². The third-order valence-corrected chi connectivity index (χ3v) is 6.44. The lowest BCUT2D eigenvalue weighted by atomic mass is 9.98. The third kappa shape index (κ3) is 5.54. The Morgan fingerprint density at radius 1 is 1.00 bits per heavy atom. The van der Waals surface area contributed by atoms with Gasteiger partial charge in [0.25, 0.3) is 0 Å². The minimum Gasteiger partial charge on any atom is -0.460 e. The average Bonchev–Trinajstić information content (AvgIpc) is 3.50. The van der Waals surface area contributed by atoms with Crippen molar-refractivity contribution in [2.75, 3.05) is 5.32 Å². The van der Waals surface area contributed by atoms with Crippen molar-refractivity contribution in [3.05, 3.63) is 36.0 Å². The summed E-state index contributed by atoms with van der Waals surface area (Å²) in [4.78, 5) is 23.5. The second kappa shape index (κ2) is 9.23. The van der Waals surface area contributed by atoms with Gasteiger partial charge in [0, 0.05) is 24.5 Å². The molecule has 3 aromatic heterocycles. The Balaban J connectivity index is 1.24. The van der Waals surface area contributed by atoms with Gasteiger partial charge in [-0.2, -0.15) is 4.98 Å². The van der Waals surface area contributed by atoms with Gasteiger partial charge in [-0.05, 0) is 51.5 Å². The van der Waals surface area contributed by atoms with Crippen molar-refractivity contribution < 1.29 is 4.74 Å². The zero-order chi connectivity index (χ0) is 21.0. The van der Waals surface area contributed by atoms with Gasteiger partial charge in [0.1, 0.15) is 6.10 Å². The predicted molar refractivity (Wildman–Crippen MR) is 121 cm³/mol. The number of nitrogens with zero attached hydrogens (tertiary/aromatic N) is 5. The Bertz CT molecular complexity index is 1010. The van der Waals surface area contributed by atoms with Gasteiger partial charge in [-0.1, -0.05) is 17.8 Å². The molecule has 0 aliphatic heterocycles. The van der Waals surface area contributed by atoms with E-state index in [1.54, 1.807) is 12.4 Å². The lowest BCUT2D eigenvalue weighted by Gasteiger charge is -2.21. The first-order valence-electron chi connectivity index (χ1n) is 11.0. The fourth-order valence-corrected chi connectivity index (χ4v) is 4.44. The van der Waals surface area contributed by atoms with Gasteiger partial charge in [-0.25, -0.2) is 15.0 Å². The molecule has 9 heteroatoms. The molecule has 5 rings (SSSR count). The summed E-state index contributed by atoms with van der Waals surface area (Å²) in [6, 6.07) is 3.09. The maximum absolute atomic E-state index is 6.07. The van der Waals surface area contributed by atoms with E-state index >= 15 is 0 Å². The number of thiazole rings is 1. The van der Waals surface area contributed by atoms with Crippen LogP contribution in [-0.4, -0.2) is 37.1 Å². The van der Waals surface area contributed by atoms with Crippen molar-refractivity contribution >= 4 is 22.3 Å². The van der Waals surface area contributed by atoms with E-state index in [4.69, 9.17) is 4.74 Å². The number of hydrogen-bond acceptors (Lipinski definition) is 9. The summed E-state index contributed by atoms with van der Waals surface area (Å²) in [7, 11) is 0. The largest absolute Gasteiger partial charge is 0.460 e. The minimum atomic E-state index is 0.225. The van der Waals surface area contributed by atoms with Crippen LogP contribution in [0.1, 0.15) is 56.3 Å². The van der Waals surface area contributed by atoms with Gasteiger partial charge in [-0.15, -0.1) is 0 Å². The molecule has 0 saturated heterocycles. The number of rotatable bonds is 8. The molecule has 2 fully saturated rings. The monoisotopic (exact) mass is 437 g/mol. The molecule has 2 N–H and O–H groups in total. The summed E-state index contributed by atoms with van der Waals surface area (Å²) in [5, 5.41) is 7.42. The van der Waals surface area contributed by atoms with Gasteiger partial charge < -0.3 is 15.4 Å². The SMILES string of the molecule is Cc1cc(-c2cnc(Nc3cnc(CNC4CC4)cn3)s2)nc(OC2CCCCC2)n1. The van der Waals surface area contributed by atoms with Crippen LogP contribution in [0.3, 0.4) is 0 Å². The first-order valence-corrected chi connectivity index (χ1v) is 11.8. The van der Waals surface area contributed by atoms with Crippen LogP contribution in [-0.2, 0) is 6.54 Å². The first-order chi connectivity index (χ1) is 15.2. The molecule has 2 saturated carbocycles. The van der Waals surface area contributed by atoms with Gasteiger partial charge >= 0.3 is 6.01 Å². The van der Waals surface area contributed by atoms with Crippen LogP contribution in [0.25, 0.3) is 10.6 Å². The van der Waals surface area contributed by atoms with E-state index in [1.807, 2.05) is 19.2 Å². The minimum absolute atomic E-state index is 0.225. The van der Waals surface area contributed by atoms with Crippen LogP contribution in [0.2, 0.25) is 0 Å². The fraction of sp³-hybridized carbons (Fsp3) is 0.500. The molecular formula is C22H27N7OS. The van der Waals surface area contributed by atoms with Gasteiger partial charge in [-0.3, -0.25) is 4.98 Å². The van der Waals surface area contributed by atoms with E-state index in [1.165, 1.54) is 43.4 Å². The van der Waals surface area contributed by atoms with Gasteiger partial charge in [0.15, 0.2) is 10.9 Å². The zero-order valence-electron chi connectivity index (χ0n) is 17.7. The number of anilines is 2. The van der Waals surface area contributed by atoms with E-state index in [0.29, 0.717) is 17.9 Å². The average molecular weight is 438 g/mol. The van der Waals surface area contributed by atoms with Crippen molar-refractivity contribution in [3.8, 4) is 16.6 Å². The number of aryl methyl sites for hydroxylation is 1. The van der Waals surface area contributed by atoms with Gasteiger partial charge in [0.05, 0.1) is 28.7 Å². The quantitative estimate of drug-likeness (QED) is 0.535. The molecule has 3 aromatic rings. The van der Waals surface area contributed by atoms with Crippen molar-refractivity contribution in [2.45, 2.75) is 70.6 Å². The molecular weight excluding hydrogens is 410 g/mol. The lowest BCUT2D eigenvalue weighted by molar-refractivity contribution is 0.142. The van der Waals surface area contributed by atoms with Crippen molar-refractivity contribution in [1.82, 2.24) is 30.2 Å². The number of nitrogens with one attached hydrogen (secondary N) is 2. The van der Waals surface area contributed by atoms with E-state index in [-0.39, 0.29) is 6.10 Å². The van der Waals surface area contributed by atoms with Crippen LogP contribution in [0, 0.1) is 6.92 Å². The Hall–Kier alpha value is -2.65. The Morgan fingerprint density at radius 3 is 2.65 bits per heavy atom. The second-order valence-corrected chi connectivity index (χ2v) is 9.29. The zero-order valence-corrected chi connectivity index (χ0v) is 18.5. The molecule has 0 unspecified atom stereocenters. The summed E-state index contributed by atoms with van der Waals surface area (Å²) in [5.41, 5.74) is 2.66. The van der Waals surface area contributed by atoms with Gasteiger partial charge in [0.2, 0.25) is 0 Å². The molecule has 0 aromatic carbocycles. The molecule has 2 aliphatic rings. The first kappa shape index (κ1) is 20.3. The van der Waals surface area contributed by atoms with E-state index in [2.05, 4.69) is 35.6 Å². The highest BCUT2D eigenvalue weighted by Crippen LogP contribution is 2.31. The number of ether oxygens (including phenoxy) is 1. The molecule has 31 heavy (non-hydrogen) atoms. The Kier molecular flexibility index (Phi) is 6.04. The molecule has 162 valence electrons. The maximum atomic E-state index is 6.07. The van der Waals surface area contributed by atoms with Crippen molar-refractivity contribution in [2.24, 2.45) is 0 Å². The molecule has 8 nitrogen and oxygen atoms in total. The second-order valence-electron chi connectivity index (χ2n) is 8.26. The van der Waals surface area contributed by atoms with E-state index in [0.717, 1.165) is 46.5 Å².